The minimum atomic E-state index is 0.904. The van der Waals surface area contributed by atoms with Crippen LogP contribution in [0.4, 0.5) is 0 Å². The minimum Gasteiger partial charge on any atom is -0.298 e. The number of unbranched alkanes of at least 4 members (excludes halogenated alkanes) is 3. The summed E-state index contributed by atoms with van der Waals surface area (Å²) in [7, 11) is 0. The van der Waals surface area contributed by atoms with Crippen molar-refractivity contribution in [1.82, 2.24) is 4.90 Å². The van der Waals surface area contributed by atoms with Crippen LogP contribution in [0.5, 0.6) is 0 Å². The van der Waals surface area contributed by atoms with Gasteiger partial charge in [0, 0.05) is 12.6 Å². The first-order chi connectivity index (χ1) is 4.84. The van der Waals surface area contributed by atoms with Gasteiger partial charge >= 0.3 is 0 Å². The smallest absolute Gasteiger partial charge is 0.0195 e. The number of hydrogen-bond acceptors (Lipinski definition) is 1. The Hall–Kier alpha value is -0.0400. The first-order valence-corrected chi connectivity index (χ1v) is 4.58. The molecule has 1 aliphatic rings. The van der Waals surface area contributed by atoms with Gasteiger partial charge < -0.3 is 0 Å². The number of hydrogen-bond donors (Lipinski definition) is 0. The lowest BCUT2D eigenvalue weighted by Gasteiger charge is -1.99. The lowest BCUT2D eigenvalue weighted by Crippen LogP contribution is -2.01. The maximum absolute atomic E-state index is 2.54. The molecule has 1 saturated heterocycles. The molecular weight excluding hydrogens is 122 g/mol. The molecule has 0 spiro atoms. The molecule has 0 aromatic rings. The van der Waals surface area contributed by atoms with Gasteiger partial charge in [0.15, 0.2) is 0 Å². The van der Waals surface area contributed by atoms with Gasteiger partial charge in [0.25, 0.3) is 0 Å². The van der Waals surface area contributed by atoms with Crippen LogP contribution in [0.25, 0.3) is 0 Å². The van der Waals surface area contributed by atoms with E-state index in [1.54, 1.807) is 0 Å². The molecule has 0 N–H and O–H groups in total. The Kier molecular flexibility index (Phi) is 3.20. The molecule has 0 radical (unpaired) electrons. The fourth-order valence-corrected chi connectivity index (χ4v) is 1.35. The molecule has 0 amide bonds. The molecule has 0 bridgehead atoms. The topological polar surface area (TPSA) is 3.01 Å². The quantitative estimate of drug-likeness (QED) is 0.419. The fraction of sp³-hybridized carbons (Fsp3) is 1.00. The summed E-state index contributed by atoms with van der Waals surface area (Å²) in [6.07, 6.45) is 5.62. The average Bonchev–Trinajstić information content (AvgIpc) is 2.60. The second-order valence-electron chi connectivity index (χ2n) is 3.40. The van der Waals surface area contributed by atoms with Crippen LogP contribution < -0.4 is 0 Å². The molecule has 0 saturated carbocycles. The highest BCUT2D eigenvalue weighted by Crippen LogP contribution is 2.16. The molecule has 1 heterocycles. The summed E-state index contributed by atoms with van der Waals surface area (Å²) in [5.74, 6) is 0. The first kappa shape index (κ1) is 8.06. The van der Waals surface area contributed by atoms with Crippen LogP contribution in [0.1, 0.15) is 39.5 Å². The average molecular weight is 141 g/mol. The predicted molar refractivity (Wildman–Crippen MR) is 45.2 cm³/mol. The summed E-state index contributed by atoms with van der Waals surface area (Å²) in [5, 5.41) is 0. The number of nitrogens with zero attached hydrogens (tertiary/aromatic N) is 1. The van der Waals surface area contributed by atoms with Crippen molar-refractivity contribution in [3.05, 3.63) is 0 Å². The third-order valence-corrected chi connectivity index (χ3v) is 2.29. The van der Waals surface area contributed by atoms with Crippen molar-refractivity contribution >= 4 is 0 Å². The third-order valence-electron chi connectivity index (χ3n) is 2.29. The molecule has 1 nitrogen and oxygen atoms in total. The van der Waals surface area contributed by atoms with E-state index in [4.69, 9.17) is 0 Å². The molecule has 2 unspecified atom stereocenters. The van der Waals surface area contributed by atoms with Crippen LogP contribution in [0.15, 0.2) is 0 Å². The van der Waals surface area contributed by atoms with Crippen molar-refractivity contribution < 1.29 is 0 Å². The summed E-state index contributed by atoms with van der Waals surface area (Å²) in [6, 6.07) is 0.904. The molecule has 0 aliphatic carbocycles. The molecule has 0 aromatic heterocycles. The van der Waals surface area contributed by atoms with Crippen molar-refractivity contribution in [3.8, 4) is 0 Å². The molecule has 0 aromatic carbocycles. The Morgan fingerprint density at radius 3 is 2.50 bits per heavy atom. The van der Waals surface area contributed by atoms with Gasteiger partial charge in [0.05, 0.1) is 0 Å². The molecule has 60 valence electrons. The Morgan fingerprint density at radius 1 is 1.30 bits per heavy atom. The normalized spacial score (nSPS) is 30.6. The Balaban J connectivity index is 1.78. The lowest BCUT2D eigenvalue weighted by molar-refractivity contribution is 0.482. The fourth-order valence-electron chi connectivity index (χ4n) is 1.35. The highest BCUT2D eigenvalue weighted by Gasteiger charge is 2.27. The zero-order valence-corrected chi connectivity index (χ0v) is 7.27. The maximum Gasteiger partial charge on any atom is 0.0195 e. The van der Waals surface area contributed by atoms with E-state index in [1.807, 2.05) is 0 Å². The Morgan fingerprint density at radius 2 is 2.00 bits per heavy atom. The standard InChI is InChI=1S/C9H19N/c1-3-4-5-6-7-10-8-9(10)2/h9H,3-8H2,1-2H3. The van der Waals surface area contributed by atoms with E-state index in [-0.39, 0.29) is 0 Å². The molecule has 1 aliphatic heterocycles. The van der Waals surface area contributed by atoms with E-state index < -0.39 is 0 Å². The van der Waals surface area contributed by atoms with Gasteiger partial charge in [0.1, 0.15) is 0 Å². The molecule has 2 atom stereocenters. The van der Waals surface area contributed by atoms with Crippen LogP contribution in [0.2, 0.25) is 0 Å². The van der Waals surface area contributed by atoms with E-state index in [9.17, 15) is 0 Å². The summed E-state index contributed by atoms with van der Waals surface area (Å²) in [6.45, 7) is 7.27. The SMILES string of the molecule is CCCCCCN1CC1C. The molecule has 1 fully saturated rings. The van der Waals surface area contributed by atoms with Crippen molar-refractivity contribution in [1.29, 1.82) is 0 Å². The molecule has 10 heavy (non-hydrogen) atoms. The highest BCUT2D eigenvalue weighted by molar-refractivity contribution is 4.83. The van der Waals surface area contributed by atoms with Gasteiger partial charge in [-0.3, -0.25) is 4.90 Å². The zero-order valence-electron chi connectivity index (χ0n) is 7.27. The van der Waals surface area contributed by atoms with E-state index in [0.29, 0.717) is 0 Å². The van der Waals surface area contributed by atoms with E-state index >= 15 is 0 Å². The minimum absolute atomic E-state index is 0.904. The first-order valence-electron chi connectivity index (χ1n) is 4.58. The molecular formula is C9H19N. The van der Waals surface area contributed by atoms with Crippen LogP contribution >= 0.6 is 0 Å². The van der Waals surface area contributed by atoms with E-state index in [2.05, 4.69) is 18.7 Å². The van der Waals surface area contributed by atoms with Crippen molar-refractivity contribution in [2.24, 2.45) is 0 Å². The monoisotopic (exact) mass is 141 g/mol. The second kappa shape index (κ2) is 3.97. The van der Waals surface area contributed by atoms with Gasteiger partial charge in [-0.1, -0.05) is 26.2 Å². The molecule has 1 heteroatoms. The van der Waals surface area contributed by atoms with Gasteiger partial charge in [0.2, 0.25) is 0 Å². The summed E-state index contributed by atoms with van der Waals surface area (Å²) in [5.41, 5.74) is 0. The van der Waals surface area contributed by atoms with Gasteiger partial charge in [-0.05, 0) is 19.9 Å². The van der Waals surface area contributed by atoms with Crippen LogP contribution in [0.3, 0.4) is 0 Å². The van der Waals surface area contributed by atoms with Crippen molar-refractivity contribution in [2.45, 2.75) is 45.6 Å². The number of rotatable bonds is 5. The summed E-state index contributed by atoms with van der Waals surface area (Å²) in [4.78, 5) is 2.54. The van der Waals surface area contributed by atoms with Gasteiger partial charge in [-0.15, -0.1) is 0 Å². The van der Waals surface area contributed by atoms with Crippen molar-refractivity contribution in [2.75, 3.05) is 13.1 Å². The predicted octanol–water partition coefficient (Wildman–Crippen LogP) is 2.27. The maximum atomic E-state index is 2.54. The summed E-state index contributed by atoms with van der Waals surface area (Å²) >= 11 is 0. The van der Waals surface area contributed by atoms with Gasteiger partial charge in [-0.2, -0.15) is 0 Å². The van der Waals surface area contributed by atoms with Crippen LogP contribution in [0, 0.1) is 0 Å². The zero-order chi connectivity index (χ0) is 7.40. The largest absolute Gasteiger partial charge is 0.298 e. The third kappa shape index (κ3) is 2.70. The van der Waals surface area contributed by atoms with Crippen LogP contribution in [-0.4, -0.2) is 24.0 Å². The van der Waals surface area contributed by atoms with Gasteiger partial charge in [-0.25, -0.2) is 0 Å². The lowest BCUT2D eigenvalue weighted by atomic mass is 10.2. The van der Waals surface area contributed by atoms with Crippen LogP contribution in [-0.2, 0) is 0 Å². The Labute approximate surface area is 64.4 Å². The molecule has 1 rings (SSSR count). The second-order valence-corrected chi connectivity index (χ2v) is 3.40. The highest BCUT2D eigenvalue weighted by atomic mass is 15.3. The van der Waals surface area contributed by atoms with E-state index in [1.165, 1.54) is 38.8 Å². The Bertz CT molecular complexity index is 90.7. The van der Waals surface area contributed by atoms with Crippen molar-refractivity contribution in [3.63, 3.8) is 0 Å². The van der Waals surface area contributed by atoms with E-state index in [0.717, 1.165) is 6.04 Å². The summed E-state index contributed by atoms with van der Waals surface area (Å²) < 4.78 is 0.